The molecule has 7 heteroatoms. The maximum absolute atomic E-state index is 11.9. The van der Waals surface area contributed by atoms with Gasteiger partial charge in [0.05, 0.1) is 6.54 Å². The molecule has 0 saturated heterocycles. The third kappa shape index (κ3) is 2.86. The fraction of sp³-hybridized carbons (Fsp3) is 0.267. The summed E-state index contributed by atoms with van der Waals surface area (Å²) in [6.07, 6.45) is 2.23. The van der Waals surface area contributed by atoms with Crippen LogP contribution in [0.2, 0.25) is 0 Å². The second-order valence-corrected chi connectivity index (χ2v) is 5.06. The molecular weight excluding hydrogens is 282 g/mol. The number of ether oxygens (including phenoxy) is 1. The average Bonchev–Trinajstić information content (AvgIpc) is 3.07. The van der Waals surface area contributed by atoms with E-state index in [1.54, 1.807) is 13.2 Å². The highest BCUT2D eigenvalue weighted by atomic mass is 16.5. The van der Waals surface area contributed by atoms with E-state index >= 15 is 0 Å². The quantitative estimate of drug-likeness (QED) is 0.896. The van der Waals surface area contributed by atoms with Crippen LogP contribution < -0.4 is 15.4 Å². The zero-order chi connectivity index (χ0) is 15.5. The maximum atomic E-state index is 11.9. The lowest BCUT2D eigenvalue weighted by atomic mass is 10.1. The van der Waals surface area contributed by atoms with Crippen molar-refractivity contribution in [3.05, 3.63) is 41.6 Å². The van der Waals surface area contributed by atoms with Crippen LogP contribution in [0.4, 0.5) is 10.6 Å². The first-order valence-corrected chi connectivity index (χ1v) is 6.89. The molecule has 2 aromatic rings. The van der Waals surface area contributed by atoms with Crippen LogP contribution in [0.15, 0.2) is 30.5 Å². The zero-order valence-corrected chi connectivity index (χ0v) is 12.0. The second kappa shape index (κ2) is 5.77. The molecular formula is C15H15N5O2. The van der Waals surface area contributed by atoms with Crippen LogP contribution in [0.3, 0.4) is 0 Å². The van der Waals surface area contributed by atoms with Gasteiger partial charge in [-0.15, -0.1) is 0 Å². The Bertz CT molecular complexity index is 722. The number of fused-ring (bicyclic) bond motifs is 1. The monoisotopic (exact) mass is 297 g/mol. The van der Waals surface area contributed by atoms with Gasteiger partial charge in [0.25, 0.3) is 0 Å². The molecule has 0 spiro atoms. The molecule has 1 aromatic heterocycles. The number of rotatable bonds is 3. The SMILES string of the molecule is Cn1cc(C#N)c(NC(=O)NCC2Cc3ccccc3O2)n1. The van der Waals surface area contributed by atoms with E-state index in [2.05, 4.69) is 15.7 Å². The first-order valence-electron chi connectivity index (χ1n) is 6.89. The van der Waals surface area contributed by atoms with E-state index in [1.807, 2.05) is 30.3 Å². The molecule has 7 nitrogen and oxygen atoms in total. The third-order valence-corrected chi connectivity index (χ3v) is 3.39. The van der Waals surface area contributed by atoms with E-state index in [4.69, 9.17) is 10.00 Å². The van der Waals surface area contributed by atoms with Crippen LogP contribution in [-0.2, 0) is 13.5 Å². The summed E-state index contributed by atoms with van der Waals surface area (Å²) in [5.41, 5.74) is 1.47. The lowest BCUT2D eigenvalue weighted by Gasteiger charge is -2.12. The number of amides is 2. The van der Waals surface area contributed by atoms with Crippen LogP contribution in [-0.4, -0.2) is 28.5 Å². The van der Waals surface area contributed by atoms with E-state index < -0.39 is 6.03 Å². The number of carbonyl (C=O) groups excluding carboxylic acids is 1. The number of hydrogen-bond acceptors (Lipinski definition) is 4. The van der Waals surface area contributed by atoms with Gasteiger partial charge in [-0.1, -0.05) is 18.2 Å². The summed E-state index contributed by atoms with van der Waals surface area (Å²) in [6, 6.07) is 9.40. The summed E-state index contributed by atoms with van der Waals surface area (Å²) in [4.78, 5) is 11.9. The molecule has 3 rings (SSSR count). The van der Waals surface area contributed by atoms with Crippen LogP contribution >= 0.6 is 0 Å². The molecule has 2 heterocycles. The van der Waals surface area contributed by atoms with Crippen molar-refractivity contribution < 1.29 is 9.53 Å². The predicted octanol–water partition coefficient (Wildman–Crippen LogP) is 1.42. The summed E-state index contributed by atoms with van der Waals surface area (Å²) in [5.74, 6) is 1.12. The largest absolute Gasteiger partial charge is 0.488 e. The highest BCUT2D eigenvalue weighted by Gasteiger charge is 2.22. The molecule has 1 aromatic carbocycles. The average molecular weight is 297 g/mol. The van der Waals surface area contributed by atoms with Crippen molar-refractivity contribution in [3.63, 3.8) is 0 Å². The molecule has 0 saturated carbocycles. The molecule has 1 unspecified atom stereocenters. The minimum absolute atomic E-state index is 0.0812. The fourth-order valence-corrected chi connectivity index (χ4v) is 2.39. The number of hydrogen-bond donors (Lipinski definition) is 2. The number of aryl methyl sites for hydroxylation is 1. The van der Waals surface area contributed by atoms with Crippen molar-refractivity contribution in [2.75, 3.05) is 11.9 Å². The number of anilines is 1. The summed E-state index contributed by atoms with van der Waals surface area (Å²) in [6.45, 7) is 0.384. The number of nitrogens with zero attached hydrogens (tertiary/aromatic N) is 3. The molecule has 1 atom stereocenters. The number of benzene rings is 1. The molecule has 1 aliphatic rings. The Morgan fingerprint density at radius 1 is 1.55 bits per heavy atom. The first kappa shape index (κ1) is 13.9. The standard InChI is InChI=1S/C15H15N5O2/c1-20-9-11(7-16)14(19-20)18-15(21)17-8-12-6-10-4-2-3-5-13(10)22-12/h2-5,9,12H,6,8H2,1H3,(H2,17,18,19,21). The van der Waals surface area contributed by atoms with Gasteiger partial charge >= 0.3 is 6.03 Å². The highest BCUT2D eigenvalue weighted by molar-refractivity contribution is 5.89. The van der Waals surface area contributed by atoms with E-state index in [9.17, 15) is 4.79 Å². The summed E-state index contributed by atoms with van der Waals surface area (Å²) >= 11 is 0. The lowest BCUT2D eigenvalue weighted by Crippen LogP contribution is -2.37. The van der Waals surface area contributed by atoms with Gasteiger partial charge in [-0.3, -0.25) is 10.00 Å². The van der Waals surface area contributed by atoms with Crippen LogP contribution in [0, 0.1) is 11.3 Å². The van der Waals surface area contributed by atoms with Gasteiger partial charge in [-0.05, 0) is 11.6 Å². The van der Waals surface area contributed by atoms with Gasteiger partial charge in [0.1, 0.15) is 23.5 Å². The molecule has 1 aliphatic heterocycles. The normalized spacial score (nSPS) is 15.5. The molecule has 2 amide bonds. The Kier molecular flexibility index (Phi) is 3.66. The minimum Gasteiger partial charge on any atom is -0.488 e. The van der Waals surface area contributed by atoms with Crippen molar-refractivity contribution >= 4 is 11.8 Å². The summed E-state index contributed by atoms with van der Waals surface area (Å²) in [5, 5.41) is 18.3. The third-order valence-electron chi connectivity index (χ3n) is 3.39. The molecule has 0 bridgehead atoms. The number of nitrogens with one attached hydrogen (secondary N) is 2. The molecule has 0 fully saturated rings. The maximum Gasteiger partial charge on any atom is 0.320 e. The Balaban J connectivity index is 1.53. The Morgan fingerprint density at radius 3 is 3.14 bits per heavy atom. The first-order chi connectivity index (χ1) is 10.7. The van der Waals surface area contributed by atoms with Crippen molar-refractivity contribution in [1.29, 1.82) is 5.26 Å². The Hall–Kier alpha value is -3.01. The molecule has 2 N–H and O–H groups in total. The number of aromatic nitrogens is 2. The molecule has 0 aliphatic carbocycles. The molecule has 22 heavy (non-hydrogen) atoms. The lowest BCUT2D eigenvalue weighted by molar-refractivity contribution is 0.219. The van der Waals surface area contributed by atoms with Gasteiger partial charge in [-0.2, -0.15) is 10.4 Å². The number of carbonyl (C=O) groups is 1. The van der Waals surface area contributed by atoms with Crippen molar-refractivity contribution in [1.82, 2.24) is 15.1 Å². The topological polar surface area (TPSA) is 92.0 Å². The minimum atomic E-state index is -0.408. The van der Waals surface area contributed by atoms with Crippen LogP contribution in [0.25, 0.3) is 0 Å². The number of urea groups is 1. The number of nitriles is 1. The second-order valence-electron chi connectivity index (χ2n) is 5.06. The summed E-state index contributed by atoms with van der Waals surface area (Å²) < 4.78 is 7.22. The Labute approximate surface area is 127 Å². The van der Waals surface area contributed by atoms with Crippen molar-refractivity contribution in [2.45, 2.75) is 12.5 Å². The van der Waals surface area contributed by atoms with Gasteiger partial charge in [0.15, 0.2) is 5.82 Å². The summed E-state index contributed by atoms with van der Waals surface area (Å²) in [7, 11) is 1.69. The fourth-order valence-electron chi connectivity index (χ4n) is 2.39. The van der Waals surface area contributed by atoms with Gasteiger partial charge in [0, 0.05) is 19.7 Å². The predicted molar refractivity (Wildman–Crippen MR) is 79.5 cm³/mol. The molecule has 0 radical (unpaired) electrons. The van der Waals surface area contributed by atoms with Gasteiger partial charge in [0.2, 0.25) is 0 Å². The highest BCUT2D eigenvalue weighted by Crippen LogP contribution is 2.27. The van der Waals surface area contributed by atoms with Gasteiger partial charge in [-0.25, -0.2) is 4.79 Å². The van der Waals surface area contributed by atoms with E-state index in [0.29, 0.717) is 12.1 Å². The molecule has 112 valence electrons. The zero-order valence-electron chi connectivity index (χ0n) is 12.0. The van der Waals surface area contributed by atoms with E-state index in [0.717, 1.165) is 17.7 Å². The number of para-hydroxylation sites is 1. The van der Waals surface area contributed by atoms with Crippen LogP contribution in [0.1, 0.15) is 11.1 Å². The smallest absolute Gasteiger partial charge is 0.320 e. The van der Waals surface area contributed by atoms with E-state index in [1.165, 1.54) is 4.68 Å². The van der Waals surface area contributed by atoms with Crippen molar-refractivity contribution in [3.8, 4) is 11.8 Å². The van der Waals surface area contributed by atoms with Gasteiger partial charge < -0.3 is 10.1 Å². The Morgan fingerprint density at radius 2 is 2.36 bits per heavy atom. The van der Waals surface area contributed by atoms with E-state index in [-0.39, 0.29) is 11.9 Å². The van der Waals surface area contributed by atoms with Crippen LogP contribution in [0.5, 0.6) is 5.75 Å². The van der Waals surface area contributed by atoms with Crippen molar-refractivity contribution in [2.24, 2.45) is 7.05 Å².